The van der Waals surface area contributed by atoms with Crippen molar-refractivity contribution >= 4 is 10.8 Å². The van der Waals surface area contributed by atoms with Crippen molar-refractivity contribution in [3.05, 3.63) is 42.0 Å². The van der Waals surface area contributed by atoms with E-state index in [0.717, 1.165) is 38.3 Å². The van der Waals surface area contributed by atoms with Crippen LogP contribution in [0.15, 0.2) is 36.4 Å². The van der Waals surface area contributed by atoms with Crippen molar-refractivity contribution in [2.45, 2.75) is 39.2 Å². The molecule has 0 spiro atoms. The van der Waals surface area contributed by atoms with E-state index in [9.17, 15) is 0 Å². The van der Waals surface area contributed by atoms with Gasteiger partial charge in [0.15, 0.2) is 0 Å². The topological polar surface area (TPSA) is 41.5 Å². The molecule has 2 N–H and O–H groups in total. The van der Waals surface area contributed by atoms with E-state index in [1.165, 1.54) is 29.2 Å². The lowest BCUT2D eigenvalue weighted by molar-refractivity contribution is 0.285. The molecule has 0 radical (unpaired) electrons. The lowest BCUT2D eigenvalue weighted by Gasteiger charge is -2.15. The van der Waals surface area contributed by atoms with Crippen LogP contribution in [0.4, 0.5) is 0 Å². The van der Waals surface area contributed by atoms with Crippen LogP contribution in [-0.2, 0) is 6.54 Å². The zero-order chi connectivity index (χ0) is 15.6. The number of benzene rings is 2. The first-order chi connectivity index (χ1) is 10.9. The third-order valence-corrected chi connectivity index (χ3v) is 3.82. The summed E-state index contributed by atoms with van der Waals surface area (Å²) in [6, 6.07) is 12.6. The number of ether oxygens (including phenoxy) is 1. The van der Waals surface area contributed by atoms with Crippen molar-refractivity contribution in [2.75, 3.05) is 19.8 Å². The van der Waals surface area contributed by atoms with Crippen molar-refractivity contribution in [3.8, 4) is 5.75 Å². The molecule has 0 aliphatic heterocycles. The third kappa shape index (κ3) is 4.72. The standard InChI is InChI=1S/C19H27NO2/c1-2-3-6-14-22-19-11-10-16-8-4-5-9-17(16)18(19)15-20-12-7-13-21/h4-5,8-11,20-21H,2-3,6-7,12-15H2,1H3. The van der Waals surface area contributed by atoms with Gasteiger partial charge in [-0.25, -0.2) is 0 Å². The molecule has 0 bridgehead atoms. The first-order valence-electron chi connectivity index (χ1n) is 8.31. The minimum Gasteiger partial charge on any atom is -0.493 e. The Balaban J connectivity index is 2.13. The number of aliphatic hydroxyl groups is 1. The summed E-state index contributed by atoms with van der Waals surface area (Å²) in [6.45, 7) is 4.78. The Labute approximate surface area is 133 Å². The van der Waals surface area contributed by atoms with Crippen molar-refractivity contribution < 1.29 is 9.84 Å². The van der Waals surface area contributed by atoms with E-state index >= 15 is 0 Å². The molecule has 0 saturated heterocycles. The van der Waals surface area contributed by atoms with Crippen molar-refractivity contribution in [3.63, 3.8) is 0 Å². The zero-order valence-corrected chi connectivity index (χ0v) is 13.5. The highest BCUT2D eigenvalue weighted by Gasteiger charge is 2.08. The molecule has 2 aromatic carbocycles. The van der Waals surface area contributed by atoms with E-state index in [0.29, 0.717) is 0 Å². The van der Waals surface area contributed by atoms with Crippen molar-refractivity contribution in [2.24, 2.45) is 0 Å². The summed E-state index contributed by atoms with van der Waals surface area (Å²) >= 11 is 0. The maximum absolute atomic E-state index is 8.89. The first kappa shape index (κ1) is 16.8. The van der Waals surface area contributed by atoms with Gasteiger partial charge in [0.25, 0.3) is 0 Å². The summed E-state index contributed by atoms with van der Waals surface area (Å²) in [5.74, 6) is 0.978. The fourth-order valence-corrected chi connectivity index (χ4v) is 2.59. The highest BCUT2D eigenvalue weighted by molar-refractivity contribution is 5.87. The van der Waals surface area contributed by atoms with Gasteiger partial charge in [-0.3, -0.25) is 0 Å². The fraction of sp³-hybridized carbons (Fsp3) is 0.474. The van der Waals surface area contributed by atoms with Crippen LogP contribution < -0.4 is 10.1 Å². The van der Waals surface area contributed by atoms with Gasteiger partial charge in [0, 0.05) is 18.7 Å². The molecular weight excluding hydrogens is 274 g/mol. The molecule has 0 saturated carbocycles. The Morgan fingerprint density at radius 3 is 2.73 bits per heavy atom. The maximum atomic E-state index is 8.89. The number of fused-ring (bicyclic) bond motifs is 1. The largest absolute Gasteiger partial charge is 0.493 e. The molecule has 0 fully saturated rings. The predicted molar refractivity (Wildman–Crippen MR) is 92.4 cm³/mol. The fourth-order valence-electron chi connectivity index (χ4n) is 2.59. The second-order valence-corrected chi connectivity index (χ2v) is 5.57. The molecule has 2 aromatic rings. The Kier molecular flexibility index (Phi) is 7.20. The van der Waals surface area contributed by atoms with Gasteiger partial charge < -0.3 is 15.2 Å². The molecule has 22 heavy (non-hydrogen) atoms. The Morgan fingerprint density at radius 1 is 1.05 bits per heavy atom. The quantitative estimate of drug-likeness (QED) is 0.654. The number of nitrogens with one attached hydrogen (secondary N) is 1. The highest BCUT2D eigenvalue weighted by atomic mass is 16.5. The average molecular weight is 301 g/mol. The smallest absolute Gasteiger partial charge is 0.124 e. The molecule has 0 atom stereocenters. The third-order valence-electron chi connectivity index (χ3n) is 3.82. The summed E-state index contributed by atoms with van der Waals surface area (Å²) < 4.78 is 6.01. The number of unbranched alkanes of at least 4 members (excludes halogenated alkanes) is 2. The Bertz CT molecular complexity index is 568. The molecular formula is C19H27NO2. The number of hydrogen-bond acceptors (Lipinski definition) is 3. The molecule has 3 nitrogen and oxygen atoms in total. The van der Waals surface area contributed by atoms with Gasteiger partial charge in [-0.15, -0.1) is 0 Å². The molecule has 120 valence electrons. The molecule has 0 heterocycles. The summed E-state index contributed by atoms with van der Waals surface area (Å²) in [4.78, 5) is 0. The SMILES string of the molecule is CCCCCOc1ccc2ccccc2c1CNCCCO. The lowest BCUT2D eigenvalue weighted by Crippen LogP contribution is -2.17. The molecule has 0 aromatic heterocycles. The van der Waals surface area contributed by atoms with Crippen LogP contribution in [0, 0.1) is 0 Å². The molecule has 2 rings (SSSR count). The van der Waals surface area contributed by atoms with E-state index in [2.05, 4.69) is 48.6 Å². The van der Waals surface area contributed by atoms with Crippen LogP contribution in [0.5, 0.6) is 5.75 Å². The monoisotopic (exact) mass is 301 g/mol. The predicted octanol–water partition coefficient (Wildman–Crippen LogP) is 3.88. The molecule has 0 aliphatic rings. The molecule has 0 aliphatic carbocycles. The van der Waals surface area contributed by atoms with E-state index in [1.807, 2.05) is 0 Å². The second-order valence-electron chi connectivity index (χ2n) is 5.57. The Morgan fingerprint density at radius 2 is 1.91 bits per heavy atom. The van der Waals surface area contributed by atoms with Crippen LogP contribution in [0.25, 0.3) is 10.8 Å². The van der Waals surface area contributed by atoms with Gasteiger partial charge in [0.2, 0.25) is 0 Å². The van der Waals surface area contributed by atoms with E-state index < -0.39 is 0 Å². The van der Waals surface area contributed by atoms with Crippen LogP contribution in [0.2, 0.25) is 0 Å². The lowest BCUT2D eigenvalue weighted by atomic mass is 10.0. The van der Waals surface area contributed by atoms with Crippen molar-refractivity contribution in [1.82, 2.24) is 5.32 Å². The van der Waals surface area contributed by atoms with Gasteiger partial charge in [-0.1, -0.05) is 50.1 Å². The van der Waals surface area contributed by atoms with E-state index in [-0.39, 0.29) is 6.61 Å². The average Bonchev–Trinajstić information content (AvgIpc) is 2.56. The van der Waals surface area contributed by atoms with Crippen molar-refractivity contribution in [1.29, 1.82) is 0 Å². The highest BCUT2D eigenvalue weighted by Crippen LogP contribution is 2.28. The summed E-state index contributed by atoms with van der Waals surface area (Å²) in [5.41, 5.74) is 1.22. The summed E-state index contributed by atoms with van der Waals surface area (Å²) in [7, 11) is 0. The molecule has 0 unspecified atom stereocenters. The van der Waals surface area contributed by atoms with Gasteiger partial charge in [0.05, 0.1) is 6.61 Å². The van der Waals surface area contributed by atoms with Gasteiger partial charge in [-0.05, 0) is 36.2 Å². The zero-order valence-electron chi connectivity index (χ0n) is 13.5. The summed E-state index contributed by atoms with van der Waals surface area (Å²) in [5, 5.41) is 14.8. The molecule has 0 amide bonds. The molecule has 3 heteroatoms. The van der Waals surface area contributed by atoms with Crippen LogP contribution >= 0.6 is 0 Å². The van der Waals surface area contributed by atoms with Gasteiger partial charge in [0.1, 0.15) is 5.75 Å². The van der Waals surface area contributed by atoms with E-state index in [4.69, 9.17) is 9.84 Å². The normalized spacial score (nSPS) is 11.0. The van der Waals surface area contributed by atoms with Crippen LogP contribution in [-0.4, -0.2) is 24.9 Å². The Hall–Kier alpha value is -1.58. The van der Waals surface area contributed by atoms with E-state index in [1.54, 1.807) is 0 Å². The number of hydrogen-bond donors (Lipinski definition) is 2. The summed E-state index contributed by atoms with van der Waals surface area (Å²) in [6.07, 6.45) is 4.28. The number of rotatable bonds is 10. The maximum Gasteiger partial charge on any atom is 0.124 e. The van der Waals surface area contributed by atoms with Crippen LogP contribution in [0.1, 0.15) is 38.2 Å². The minimum absolute atomic E-state index is 0.225. The number of aliphatic hydroxyl groups excluding tert-OH is 1. The van der Waals surface area contributed by atoms with Gasteiger partial charge in [-0.2, -0.15) is 0 Å². The van der Waals surface area contributed by atoms with Crippen LogP contribution in [0.3, 0.4) is 0 Å². The minimum atomic E-state index is 0.225. The van der Waals surface area contributed by atoms with Gasteiger partial charge >= 0.3 is 0 Å². The second kappa shape index (κ2) is 9.44. The first-order valence-corrected chi connectivity index (χ1v) is 8.31.